The van der Waals surface area contributed by atoms with Crippen molar-refractivity contribution in [3.63, 3.8) is 0 Å². The number of alkyl halides is 3. The van der Waals surface area contributed by atoms with E-state index < -0.39 is 11.4 Å². The third kappa shape index (κ3) is 1.78. The highest BCUT2D eigenvalue weighted by atomic mass is 32.2. The van der Waals surface area contributed by atoms with Crippen LogP contribution in [0.15, 0.2) is 0 Å². The summed E-state index contributed by atoms with van der Waals surface area (Å²) in [7, 11) is 0. The lowest BCUT2D eigenvalue weighted by molar-refractivity contribution is -0.128. The lowest BCUT2D eigenvalue weighted by Gasteiger charge is -2.11. The van der Waals surface area contributed by atoms with Crippen LogP contribution in [0.5, 0.6) is 0 Å². The van der Waals surface area contributed by atoms with Gasteiger partial charge in [-0.15, -0.1) is 11.8 Å². The molecule has 1 atom stereocenters. The third-order valence-corrected chi connectivity index (χ3v) is 2.72. The highest BCUT2D eigenvalue weighted by molar-refractivity contribution is 8.00. The highest BCUT2D eigenvalue weighted by Gasteiger charge is 2.41. The average Bonchev–Trinajstić information content (AvgIpc) is 2.08. The van der Waals surface area contributed by atoms with Gasteiger partial charge in [0, 0.05) is 0 Å². The standard InChI is InChI=1S/C5H7F3S/c6-5(7,8)4-2-1-3-9-4/h4H,1-3H2. The molecule has 1 rings (SSSR count). The minimum atomic E-state index is -3.96. The molecular weight excluding hydrogens is 149 g/mol. The van der Waals surface area contributed by atoms with Gasteiger partial charge in [-0.2, -0.15) is 13.2 Å². The second kappa shape index (κ2) is 2.40. The van der Waals surface area contributed by atoms with Crippen molar-refractivity contribution >= 4 is 11.8 Å². The topological polar surface area (TPSA) is 0 Å². The summed E-state index contributed by atoms with van der Waals surface area (Å²) in [5.41, 5.74) is 0. The lowest BCUT2D eigenvalue weighted by Crippen LogP contribution is -2.22. The third-order valence-electron chi connectivity index (χ3n) is 1.29. The molecule has 0 aromatic carbocycles. The summed E-state index contributed by atoms with van der Waals surface area (Å²) in [4.78, 5) is 0. The highest BCUT2D eigenvalue weighted by Crippen LogP contribution is 2.38. The van der Waals surface area contributed by atoms with Crippen molar-refractivity contribution in [2.75, 3.05) is 5.75 Å². The molecule has 0 aromatic heterocycles. The molecule has 1 aliphatic rings. The Balaban J connectivity index is 2.42. The fourth-order valence-corrected chi connectivity index (χ4v) is 1.98. The van der Waals surface area contributed by atoms with Gasteiger partial charge in [0.1, 0.15) is 5.25 Å². The summed E-state index contributed by atoms with van der Waals surface area (Å²) in [6, 6.07) is 0. The summed E-state index contributed by atoms with van der Waals surface area (Å²) in [6.07, 6.45) is -2.93. The number of halogens is 3. The summed E-state index contributed by atoms with van der Waals surface area (Å²) >= 11 is 1.02. The first-order valence-electron chi connectivity index (χ1n) is 2.79. The van der Waals surface area contributed by atoms with E-state index in [1.54, 1.807) is 0 Å². The smallest absolute Gasteiger partial charge is 0.170 e. The van der Waals surface area contributed by atoms with Gasteiger partial charge >= 0.3 is 6.18 Å². The Bertz CT molecular complexity index is 92.9. The molecule has 0 saturated carbocycles. The van der Waals surface area contributed by atoms with Crippen LogP contribution in [0.25, 0.3) is 0 Å². The Labute approximate surface area is 55.8 Å². The Hall–Kier alpha value is 0.140. The lowest BCUT2D eigenvalue weighted by atomic mass is 10.2. The molecule has 1 aliphatic heterocycles. The summed E-state index contributed by atoms with van der Waals surface area (Å²) < 4.78 is 35.2. The fraction of sp³-hybridized carbons (Fsp3) is 1.00. The van der Waals surface area contributed by atoms with Gasteiger partial charge in [0.2, 0.25) is 0 Å². The molecule has 0 nitrogen and oxygen atoms in total. The molecule has 0 aromatic rings. The Kier molecular flexibility index (Phi) is 1.94. The molecule has 4 heteroatoms. The van der Waals surface area contributed by atoms with Crippen LogP contribution in [0.1, 0.15) is 12.8 Å². The van der Waals surface area contributed by atoms with Crippen molar-refractivity contribution in [1.82, 2.24) is 0 Å². The largest absolute Gasteiger partial charge is 0.400 e. The number of thioether (sulfide) groups is 1. The first-order chi connectivity index (χ1) is 4.11. The molecule has 0 N–H and O–H groups in total. The van der Waals surface area contributed by atoms with Crippen molar-refractivity contribution in [2.45, 2.75) is 24.3 Å². The molecule has 1 unspecified atom stereocenters. The zero-order valence-electron chi connectivity index (χ0n) is 4.74. The summed E-state index contributed by atoms with van der Waals surface area (Å²) in [5, 5.41) is -1.07. The molecule has 0 radical (unpaired) electrons. The van der Waals surface area contributed by atoms with Crippen LogP contribution < -0.4 is 0 Å². The molecular formula is C5H7F3S. The fourth-order valence-electron chi connectivity index (χ4n) is 0.836. The zero-order valence-corrected chi connectivity index (χ0v) is 5.56. The van der Waals surface area contributed by atoms with E-state index in [0.29, 0.717) is 12.2 Å². The van der Waals surface area contributed by atoms with Crippen LogP contribution in [-0.4, -0.2) is 17.2 Å². The quantitative estimate of drug-likeness (QED) is 0.519. The predicted molar refractivity (Wildman–Crippen MR) is 31.5 cm³/mol. The van der Waals surface area contributed by atoms with Crippen LogP contribution in [-0.2, 0) is 0 Å². The van der Waals surface area contributed by atoms with Crippen LogP contribution in [0.3, 0.4) is 0 Å². The van der Waals surface area contributed by atoms with Crippen molar-refractivity contribution in [2.24, 2.45) is 0 Å². The van der Waals surface area contributed by atoms with Crippen LogP contribution >= 0.6 is 11.8 Å². The molecule has 9 heavy (non-hydrogen) atoms. The van der Waals surface area contributed by atoms with Gasteiger partial charge in [-0.1, -0.05) is 0 Å². The van der Waals surface area contributed by atoms with E-state index in [4.69, 9.17) is 0 Å². The molecule has 0 aliphatic carbocycles. The van der Waals surface area contributed by atoms with Crippen molar-refractivity contribution in [3.8, 4) is 0 Å². The van der Waals surface area contributed by atoms with E-state index in [-0.39, 0.29) is 0 Å². The maximum Gasteiger partial charge on any atom is 0.400 e. The van der Waals surface area contributed by atoms with Crippen molar-refractivity contribution in [1.29, 1.82) is 0 Å². The monoisotopic (exact) mass is 156 g/mol. The summed E-state index contributed by atoms with van der Waals surface area (Å²) in [6.45, 7) is 0. The number of hydrogen-bond acceptors (Lipinski definition) is 1. The minimum Gasteiger partial charge on any atom is -0.170 e. The van der Waals surface area contributed by atoms with Gasteiger partial charge in [0.05, 0.1) is 0 Å². The van der Waals surface area contributed by atoms with Gasteiger partial charge < -0.3 is 0 Å². The minimum absolute atomic E-state index is 0.314. The van der Waals surface area contributed by atoms with Gasteiger partial charge in [0.25, 0.3) is 0 Å². The number of rotatable bonds is 0. The Morgan fingerprint density at radius 2 is 2.00 bits per heavy atom. The van der Waals surface area contributed by atoms with Crippen molar-refractivity contribution < 1.29 is 13.2 Å². The second-order valence-electron chi connectivity index (χ2n) is 2.04. The van der Waals surface area contributed by atoms with E-state index >= 15 is 0 Å². The van der Waals surface area contributed by atoms with Gasteiger partial charge in [-0.05, 0) is 18.6 Å². The molecule has 54 valence electrons. The molecule has 1 fully saturated rings. The average molecular weight is 156 g/mol. The molecule has 1 saturated heterocycles. The van der Waals surface area contributed by atoms with E-state index in [1.807, 2.05) is 0 Å². The van der Waals surface area contributed by atoms with E-state index in [9.17, 15) is 13.2 Å². The SMILES string of the molecule is FC(F)(F)C1CCCS1. The first-order valence-corrected chi connectivity index (χ1v) is 3.84. The maximum absolute atomic E-state index is 11.7. The van der Waals surface area contributed by atoms with Crippen LogP contribution in [0.2, 0.25) is 0 Å². The number of hydrogen-bond donors (Lipinski definition) is 0. The predicted octanol–water partition coefficient (Wildman–Crippen LogP) is 2.44. The van der Waals surface area contributed by atoms with Gasteiger partial charge in [-0.25, -0.2) is 0 Å². The van der Waals surface area contributed by atoms with Crippen LogP contribution in [0.4, 0.5) is 13.2 Å². The van der Waals surface area contributed by atoms with Gasteiger partial charge in [0.15, 0.2) is 0 Å². The van der Waals surface area contributed by atoms with Gasteiger partial charge in [-0.3, -0.25) is 0 Å². The molecule has 0 amide bonds. The molecule has 1 heterocycles. The van der Waals surface area contributed by atoms with E-state index in [0.717, 1.165) is 18.2 Å². The van der Waals surface area contributed by atoms with E-state index in [1.165, 1.54) is 0 Å². The first kappa shape index (κ1) is 7.25. The summed E-state index contributed by atoms with van der Waals surface area (Å²) in [5.74, 6) is 0.671. The maximum atomic E-state index is 11.7. The van der Waals surface area contributed by atoms with E-state index in [2.05, 4.69) is 0 Å². The molecule has 0 spiro atoms. The molecule has 0 bridgehead atoms. The second-order valence-corrected chi connectivity index (χ2v) is 3.35. The van der Waals surface area contributed by atoms with Crippen LogP contribution in [0, 0.1) is 0 Å². The zero-order chi connectivity index (χ0) is 6.91. The Morgan fingerprint density at radius 1 is 1.33 bits per heavy atom. The normalized spacial score (nSPS) is 29.0. The van der Waals surface area contributed by atoms with Crippen molar-refractivity contribution in [3.05, 3.63) is 0 Å². The Morgan fingerprint density at radius 3 is 2.22 bits per heavy atom.